The van der Waals surface area contributed by atoms with Gasteiger partial charge in [0, 0.05) is 75.0 Å². The Hall–Kier alpha value is -3.77. The van der Waals surface area contributed by atoms with E-state index in [2.05, 4.69) is 45.7 Å². The number of benzene rings is 1. The second-order valence-electron chi connectivity index (χ2n) is 12.6. The molecule has 0 spiro atoms. The summed E-state index contributed by atoms with van der Waals surface area (Å²) >= 11 is 0. The van der Waals surface area contributed by atoms with E-state index in [1.807, 2.05) is 23.2 Å². The molecule has 3 atom stereocenters. The van der Waals surface area contributed by atoms with Gasteiger partial charge in [0.05, 0.1) is 17.9 Å². The van der Waals surface area contributed by atoms with Gasteiger partial charge in [-0.2, -0.15) is 4.98 Å². The van der Waals surface area contributed by atoms with Crippen LogP contribution in [0.3, 0.4) is 0 Å². The number of pyridine rings is 1. The van der Waals surface area contributed by atoms with Gasteiger partial charge in [-0.3, -0.25) is 4.79 Å². The van der Waals surface area contributed by atoms with Crippen molar-refractivity contribution in [1.29, 1.82) is 0 Å². The lowest BCUT2D eigenvalue weighted by atomic mass is 9.87. The summed E-state index contributed by atoms with van der Waals surface area (Å²) in [5.74, 6) is 2.17. The molecule has 0 saturated carbocycles. The van der Waals surface area contributed by atoms with Crippen molar-refractivity contribution in [2.24, 2.45) is 5.92 Å². The number of amides is 1. The highest BCUT2D eigenvalue weighted by Crippen LogP contribution is 2.42. The standard InChI is InChI=1S/C33H43N7O4S/c1-5-32(41)39-15-7-6-8-28(39)25-9-10-29(40-20-23(22(40)2)21-45(4,42)43)27-19-35-31(18-26(25)27)36-30-11-14-34-33(37-30)38-16-12-24(44-3)13-17-38/h5,9-11,14,18-19,22-24,28H,1,6-8,12-13,15-17,20-21H2,2-4H3,(H,34,35,36,37)/t22-,23-,28-/m1/s1. The maximum absolute atomic E-state index is 12.9. The molecule has 3 aromatic rings. The summed E-state index contributed by atoms with van der Waals surface area (Å²) in [5.41, 5.74) is 2.09. The van der Waals surface area contributed by atoms with Gasteiger partial charge in [-0.1, -0.05) is 12.6 Å². The molecule has 1 aromatic carbocycles. The molecule has 3 saturated heterocycles. The fourth-order valence-corrected chi connectivity index (χ4v) is 8.23. The molecule has 0 aliphatic carbocycles. The van der Waals surface area contributed by atoms with E-state index < -0.39 is 9.84 Å². The van der Waals surface area contributed by atoms with Gasteiger partial charge in [-0.05, 0) is 74.3 Å². The van der Waals surface area contributed by atoms with E-state index in [9.17, 15) is 13.2 Å². The minimum Gasteiger partial charge on any atom is -0.381 e. The summed E-state index contributed by atoms with van der Waals surface area (Å²) in [6, 6.07) is 8.11. The number of piperidine rings is 2. The summed E-state index contributed by atoms with van der Waals surface area (Å²) in [5, 5.41) is 5.38. The summed E-state index contributed by atoms with van der Waals surface area (Å²) in [4.78, 5) is 33.4. The Morgan fingerprint density at radius 1 is 1.09 bits per heavy atom. The number of sulfone groups is 1. The van der Waals surface area contributed by atoms with Crippen LogP contribution in [0.2, 0.25) is 0 Å². The predicted octanol–water partition coefficient (Wildman–Crippen LogP) is 4.49. The van der Waals surface area contributed by atoms with Crippen LogP contribution >= 0.6 is 0 Å². The van der Waals surface area contributed by atoms with E-state index in [-0.39, 0.29) is 35.8 Å². The SMILES string of the molecule is C=CC(=O)N1CCCC[C@@H]1c1ccc(N2C[C@H](CS(C)(=O)=O)[C@H]2C)c2cnc(Nc3ccnc(N4CCC(OC)CC4)n3)cc12. The summed E-state index contributed by atoms with van der Waals surface area (Å²) in [6.45, 7) is 8.86. The average Bonchev–Trinajstić information content (AvgIpc) is 3.05. The number of hydrogen-bond donors (Lipinski definition) is 1. The highest BCUT2D eigenvalue weighted by Gasteiger charge is 2.39. The van der Waals surface area contributed by atoms with Crippen molar-refractivity contribution in [3.8, 4) is 0 Å². The molecular formula is C33H43N7O4S. The van der Waals surface area contributed by atoms with Crippen molar-refractivity contribution in [2.75, 3.05) is 60.4 Å². The molecule has 0 unspecified atom stereocenters. The largest absolute Gasteiger partial charge is 0.381 e. The number of fused-ring (bicyclic) bond motifs is 1. The Bertz CT molecular complexity index is 1670. The number of carbonyl (C=O) groups excluding carboxylic acids is 1. The number of methoxy groups -OCH3 is 1. The molecule has 2 aromatic heterocycles. The lowest BCUT2D eigenvalue weighted by Gasteiger charge is -2.48. The zero-order valence-electron chi connectivity index (χ0n) is 26.4. The third-order valence-electron chi connectivity index (χ3n) is 9.62. The third kappa shape index (κ3) is 6.62. The van der Waals surface area contributed by atoms with Crippen LogP contribution in [0.5, 0.6) is 0 Å². The molecule has 5 heterocycles. The third-order valence-corrected chi connectivity index (χ3v) is 10.7. The number of carbonyl (C=O) groups is 1. The number of ether oxygens (including phenoxy) is 1. The van der Waals surface area contributed by atoms with E-state index in [0.29, 0.717) is 30.7 Å². The molecule has 3 aliphatic rings. The quantitative estimate of drug-likeness (QED) is 0.338. The second kappa shape index (κ2) is 12.9. The normalized spacial score (nSPS) is 22.7. The van der Waals surface area contributed by atoms with Gasteiger partial charge in [0.15, 0.2) is 0 Å². The zero-order chi connectivity index (χ0) is 31.7. The van der Waals surface area contributed by atoms with Gasteiger partial charge in [0.2, 0.25) is 11.9 Å². The van der Waals surface area contributed by atoms with Crippen molar-refractivity contribution in [3.05, 3.63) is 54.9 Å². The highest BCUT2D eigenvalue weighted by atomic mass is 32.2. The second-order valence-corrected chi connectivity index (χ2v) is 14.8. The molecule has 12 heteroatoms. The van der Waals surface area contributed by atoms with Crippen molar-refractivity contribution >= 4 is 49.8 Å². The minimum absolute atomic E-state index is 0.0626. The van der Waals surface area contributed by atoms with Gasteiger partial charge >= 0.3 is 0 Å². The summed E-state index contributed by atoms with van der Waals surface area (Å²) in [7, 11) is -1.31. The molecule has 3 aliphatic heterocycles. The summed E-state index contributed by atoms with van der Waals surface area (Å²) in [6.07, 6.45) is 11.4. The molecule has 6 rings (SSSR count). The fraction of sp³-hybridized carbons (Fsp3) is 0.515. The van der Waals surface area contributed by atoms with E-state index in [1.165, 1.54) is 12.3 Å². The Morgan fingerprint density at radius 3 is 2.60 bits per heavy atom. The van der Waals surface area contributed by atoms with Crippen LogP contribution in [0.1, 0.15) is 50.6 Å². The lowest BCUT2D eigenvalue weighted by Crippen LogP contribution is -2.57. The first kappa shape index (κ1) is 31.2. The number of hydrogen-bond acceptors (Lipinski definition) is 10. The molecule has 240 valence electrons. The number of nitrogens with zero attached hydrogens (tertiary/aromatic N) is 6. The molecule has 1 amide bonds. The molecule has 0 radical (unpaired) electrons. The molecule has 1 N–H and O–H groups in total. The molecular weight excluding hydrogens is 590 g/mol. The van der Waals surface area contributed by atoms with Crippen LogP contribution in [0.15, 0.2) is 49.3 Å². The Kier molecular flexibility index (Phi) is 8.96. The van der Waals surface area contributed by atoms with Crippen molar-refractivity contribution < 1.29 is 17.9 Å². The Morgan fingerprint density at radius 2 is 1.89 bits per heavy atom. The number of aromatic nitrogens is 3. The van der Waals surface area contributed by atoms with Crippen molar-refractivity contribution in [2.45, 2.75) is 57.2 Å². The Balaban J connectivity index is 1.34. The van der Waals surface area contributed by atoms with Crippen LogP contribution in [0.4, 0.5) is 23.3 Å². The first-order valence-electron chi connectivity index (χ1n) is 15.8. The molecule has 45 heavy (non-hydrogen) atoms. The zero-order valence-corrected chi connectivity index (χ0v) is 27.2. The Labute approximate surface area is 265 Å². The maximum atomic E-state index is 12.9. The fourth-order valence-electron chi connectivity index (χ4n) is 7.07. The smallest absolute Gasteiger partial charge is 0.246 e. The molecule has 0 bridgehead atoms. The first-order chi connectivity index (χ1) is 21.6. The van der Waals surface area contributed by atoms with E-state index in [0.717, 1.165) is 67.2 Å². The average molecular weight is 634 g/mol. The number of nitrogens with one attached hydrogen (secondary N) is 1. The molecule has 3 fully saturated rings. The summed E-state index contributed by atoms with van der Waals surface area (Å²) < 4.78 is 29.5. The lowest BCUT2D eigenvalue weighted by molar-refractivity contribution is -0.129. The topological polar surface area (TPSA) is 121 Å². The van der Waals surface area contributed by atoms with Crippen LogP contribution in [0.25, 0.3) is 10.8 Å². The van der Waals surface area contributed by atoms with E-state index >= 15 is 0 Å². The van der Waals surface area contributed by atoms with Gasteiger partial charge in [-0.25, -0.2) is 18.4 Å². The maximum Gasteiger partial charge on any atom is 0.246 e. The number of anilines is 4. The van der Waals surface area contributed by atoms with E-state index in [4.69, 9.17) is 14.7 Å². The van der Waals surface area contributed by atoms with Gasteiger partial charge < -0.3 is 24.8 Å². The molecule has 11 nitrogen and oxygen atoms in total. The highest BCUT2D eigenvalue weighted by molar-refractivity contribution is 7.90. The van der Waals surface area contributed by atoms with Crippen LogP contribution in [-0.4, -0.2) is 91.6 Å². The predicted molar refractivity (Wildman–Crippen MR) is 178 cm³/mol. The van der Waals surface area contributed by atoms with Gasteiger partial charge in [0.1, 0.15) is 21.5 Å². The first-order valence-corrected chi connectivity index (χ1v) is 17.9. The van der Waals surface area contributed by atoms with Crippen LogP contribution < -0.4 is 15.1 Å². The van der Waals surface area contributed by atoms with Crippen molar-refractivity contribution in [1.82, 2.24) is 19.9 Å². The van der Waals surface area contributed by atoms with Crippen LogP contribution in [0, 0.1) is 5.92 Å². The number of rotatable bonds is 9. The van der Waals surface area contributed by atoms with E-state index in [1.54, 1.807) is 13.3 Å². The van der Waals surface area contributed by atoms with Gasteiger partial charge in [-0.15, -0.1) is 0 Å². The van der Waals surface area contributed by atoms with Gasteiger partial charge in [0.25, 0.3) is 0 Å². The monoisotopic (exact) mass is 633 g/mol. The van der Waals surface area contributed by atoms with Crippen LogP contribution in [-0.2, 0) is 19.4 Å². The van der Waals surface area contributed by atoms with Crippen molar-refractivity contribution in [3.63, 3.8) is 0 Å². The number of likely N-dealkylation sites (tertiary alicyclic amines) is 1. The minimum atomic E-state index is -3.06.